The van der Waals surface area contributed by atoms with Gasteiger partial charge in [0, 0.05) is 37.4 Å². The lowest BCUT2D eigenvalue weighted by Gasteiger charge is -2.33. The van der Waals surface area contributed by atoms with E-state index in [-0.39, 0.29) is 11.8 Å². The van der Waals surface area contributed by atoms with E-state index in [1.807, 2.05) is 49.4 Å². The molecule has 28 heavy (non-hydrogen) atoms. The first-order chi connectivity index (χ1) is 13.6. The van der Waals surface area contributed by atoms with Gasteiger partial charge in [-0.25, -0.2) is 0 Å². The van der Waals surface area contributed by atoms with Gasteiger partial charge in [-0.1, -0.05) is 44.2 Å². The molecule has 2 aromatic rings. The number of anilines is 2. The topological polar surface area (TPSA) is 61.4 Å². The molecule has 1 aliphatic rings. The smallest absolute Gasteiger partial charge is 0.253 e. The number of amides is 2. The zero-order valence-electron chi connectivity index (χ0n) is 16.7. The van der Waals surface area contributed by atoms with E-state index in [4.69, 9.17) is 0 Å². The second-order valence-electron chi connectivity index (χ2n) is 7.47. The monoisotopic (exact) mass is 379 g/mol. The molecule has 2 N–H and O–H groups in total. The van der Waals surface area contributed by atoms with Crippen LogP contribution >= 0.6 is 0 Å². The summed E-state index contributed by atoms with van der Waals surface area (Å²) in [5.74, 6) is 0.537. The highest BCUT2D eigenvalue weighted by molar-refractivity contribution is 6.02. The highest BCUT2D eigenvalue weighted by atomic mass is 16.2. The minimum atomic E-state index is -0.120. The molecule has 0 radical (unpaired) electrons. The molecule has 1 saturated heterocycles. The molecule has 2 amide bonds. The van der Waals surface area contributed by atoms with Crippen molar-refractivity contribution in [3.05, 3.63) is 59.7 Å². The van der Waals surface area contributed by atoms with Gasteiger partial charge in [0.1, 0.15) is 0 Å². The number of carbonyl (C=O) groups is 2. The van der Waals surface area contributed by atoms with Gasteiger partial charge in [0.05, 0.1) is 5.56 Å². The minimum absolute atomic E-state index is 0.0600. The molecule has 148 valence electrons. The molecule has 1 heterocycles. The zero-order chi connectivity index (χ0) is 19.9. The van der Waals surface area contributed by atoms with Gasteiger partial charge in [-0.05, 0) is 42.5 Å². The lowest BCUT2D eigenvalue weighted by atomic mass is 9.97. The Morgan fingerprint density at radius 2 is 1.79 bits per heavy atom. The van der Waals surface area contributed by atoms with Gasteiger partial charge >= 0.3 is 0 Å². The molecule has 0 aliphatic carbocycles. The Bertz CT molecular complexity index is 812. The summed E-state index contributed by atoms with van der Waals surface area (Å²) in [6, 6.07) is 15.5. The molecule has 5 nitrogen and oxygen atoms in total. The van der Waals surface area contributed by atoms with Crippen molar-refractivity contribution in [1.29, 1.82) is 0 Å². The van der Waals surface area contributed by atoms with Crippen LogP contribution in [0.5, 0.6) is 0 Å². The summed E-state index contributed by atoms with van der Waals surface area (Å²) in [5, 5.41) is 5.88. The first kappa shape index (κ1) is 19.9. The third-order valence-corrected chi connectivity index (χ3v) is 5.27. The fraction of sp³-hybridized carbons (Fsp3) is 0.391. The summed E-state index contributed by atoms with van der Waals surface area (Å²) in [7, 11) is 0. The van der Waals surface area contributed by atoms with Crippen molar-refractivity contribution >= 4 is 23.2 Å². The maximum absolute atomic E-state index is 13.0. The van der Waals surface area contributed by atoms with Crippen LogP contribution in [0.25, 0.3) is 0 Å². The van der Waals surface area contributed by atoms with Crippen molar-refractivity contribution in [2.24, 2.45) is 5.92 Å². The molecule has 5 heteroatoms. The van der Waals surface area contributed by atoms with Crippen molar-refractivity contribution in [3.63, 3.8) is 0 Å². The summed E-state index contributed by atoms with van der Waals surface area (Å²) in [6.45, 7) is 6.45. The number of rotatable bonds is 6. The van der Waals surface area contributed by atoms with Crippen LogP contribution in [0.2, 0.25) is 0 Å². The predicted molar refractivity (Wildman–Crippen MR) is 114 cm³/mol. The molecule has 0 aromatic heterocycles. The number of piperidine rings is 1. The molecule has 0 unspecified atom stereocenters. The van der Waals surface area contributed by atoms with E-state index < -0.39 is 0 Å². The van der Waals surface area contributed by atoms with Gasteiger partial charge in [0.25, 0.3) is 5.91 Å². The molecular weight excluding hydrogens is 350 g/mol. The van der Waals surface area contributed by atoms with Crippen molar-refractivity contribution in [2.75, 3.05) is 23.3 Å². The largest absolute Gasteiger partial charge is 0.371 e. The van der Waals surface area contributed by atoms with Gasteiger partial charge in [-0.3, -0.25) is 9.59 Å². The highest BCUT2D eigenvalue weighted by Gasteiger charge is 2.21. The van der Waals surface area contributed by atoms with Crippen LogP contribution in [-0.4, -0.2) is 24.9 Å². The van der Waals surface area contributed by atoms with E-state index in [0.717, 1.165) is 43.1 Å². The van der Waals surface area contributed by atoms with Gasteiger partial charge in [0.15, 0.2) is 0 Å². The van der Waals surface area contributed by atoms with Crippen molar-refractivity contribution in [3.8, 4) is 0 Å². The maximum atomic E-state index is 13.0. The molecular formula is C23H29N3O2. The molecule has 0 atom stereocenters. The Labute approximate surface area is 167 Å². The average Bonchev–Trinajstić information content (AvgIpc) is 2.73. The van der Waals surface area contributed by atoms with E-state index in [9.17, 15) is 9.59 Å². The van der Waals surface area contributed by atoms with Gasteiger partial charge < -0.3 is 15.5 Å². The van der Waals surface area contributed by atoms with Crippen LogP contribution in [0.4, 0.5) is 11.4 Å². The first-order valence-electron chi connectivity index (χ1n) is 10.1. The highest BCUT2D eigenvalue weighted by Crippen LogP contribution is 2.29. The Balaban J connectivity index is 1.82. The molecule has 3 rings (SSSR count). The van der Waals surface area contributed by atoms with Crippen molar-refractivity contribution < 1.29 is 9.59 Å². The van der Waals surface area contributed by atoms with Crippen molar-refractivity contribution in [1.82, 2.24) is 5.32 Å². The second-order valence-corrected chi connectivity index (χ2v) is 7.47. The number of nitrogens with one attached hydrogen (secondary N) is 2. The fourth-order valence-electron chi connectivity index (χ4n) is 3.44. The van der Waals surface area contributed by atoms with Crippen LogP contribution in [0, 0.1) is 5.92 Å². The normalized spacial score (nSPS) is 14.6. The number of hydrogen-bond acceptors (Lipinski definition) is 3. The molecule has 0 bridgehead atoms. The summed E-state index contributed by atoms with van der Waals surface area (Å²) in [4.78, 5) is 27.1. The number of benzene rings is 2. The quantitative estimate of drug-likeness (QED) is 0.791. The summed E-state index contributed by atoms with van der Waals surface area (Å²) in [5.41, 5.74) is 3.26. The maximum Gasteiger partial charge on any atom is 0.253 e. The van der Waals surface area contributed by atoms with Gasteiger partial charge in [-0.2, -0.15) is 0 Å². The lowest BCUT2D eigenvalue weighted by Crippen LogP contribution is -2.35. The Morgan fingerprint density at radius 1 is 1.07 bits per heavy atom. The minimum Gasteiger partial charge on any atom is -0.371 e. The lowest BCUT2D eigenvalue weighted by molar-refractivity contribution is -0.115. The summed E-state index contributed by atoms with van der Waals surface area (Å²) < 4.78 is 0. The first-order valence-corrected chi connectivity index (χ1v) is 10.1. The van der Waals surface area contributed by atoms with Gasteiger partial charge in [-0.15, -0.1) is 0 Å². The van der Waals surface area contributed by atoms with E-state index in [1.54, 1.807) is 6.07 Å². The molecule has 0 spiro atoms. The van der Waals surface area contributed by atoms with Crippen LogP contribution < -0.4 is 15.5 Å². The van der Waals surface area contributed by atoms with E-state index >= 15 is 0 Å². The number of hydrogen-bond donors (Lipinski definition) is 2. The summed E-state index contributed by atoms with van der Waals surface area (Å²) in [6.07, 6.45) is 2.65. The standard InChI is InChI=1S/C23H29N3O2/c1-3-22(27)25-19-9-10-21(26-13-11-17(2)12-14-26)20(15-19)23(28)24-16-18-7-5-4-6-8-18/h4-10,15,17H,3,11-14,16H2,1-2H3,(H,24,28)(H,25,27). The Morgan fingerprint density at radius 3 is 2.46 bits per heavy atom. The third-order valence-electron chi connectivity index (χ3n) is 5.27. The SMILES string of the molecule is CCC(=O)Nc1ccc(N2CCC(C)CC2)c(C(=O)NCc2ccccc2)c1. The molecule has 2 aromatic carbocycles. The van der Waals surface area contributed by atoms with Gasteiger partial charge in [0.2, 0.25) is 5.91 Å². The van der Waals surface area contributed by atoms with E-state index in [1.165, 1.54) is 0 Å². The fourth-order valence-corrected chi connectivity index (χ4v) is 3.44. The average molecular weight is 380 g/mol. The van der Waals surface area contributed by atoms with Crippen LogP contribution in [0.15, 0.2) is 48.5 Å². The Hall–Kier alpha value is -2.82. The van der Waals surface area contributed by atoms with E-state index in [0.29, 0.717) is 24.2 Å². The van der Waals surface area contributed by atoms with Crippen molar-refractivity contribution in [2.45, 2.75) is 39.7 Å². The number of carbonyl (C=O) groups excluding carboxylic acids is 2. The predicted octanol–water partition coefficient (Wildman–Crippen LogP) is 4.20. The van der Waals surface area contributed by atoms with E-state index in [2.05, 4.69) is 22.5 Å². The molecule has 0 saturated carbocycles. The zero-order valence-corrected chi connectivity index (χ0v) is 16.7. The molecule has 1 aliphatic heterocycles. The molecule has 1 fully saturated rings. The van der Waals surface area contributed by atoms with Crippen LogP contribution in [0.1, 0.15) is 49.0 Å². The number of nitrogens with zero attached hydrogens (tertiary/aromatic N) is 1. The van der Waals surface area contributed by atoms with Crippen LogP contribution in [0.3, 0.4) is 0 Å². The summed E-state index contributed by atoms with van der Waals surface area (Å²) >= 11 is 0. The second kappa shape index (κ2) is 9.40. The van der Waals surface area contributed by atoms with Crippen LogP contribution in [-0.2, 0) is 11.3 Å². The Kier molecular flexibility index (Phi) is 6.69. The third kappa shape index (κ3) is 5.12.